The molecule has 0 amide bonds. The van der Waals surface area contributed by atoms with E-state index in [0.717, 1.165) is 50.0 Å². The van der Waals surface area contributed by atoms with E-state index in [1.165, 1.54) is 27.3 Å². The van der Waals surface area contributed by atoms with E-state index in [1.54, 1.807) is 0 Å². The standard InChI is InChI=1S/C39H26N2O/c1-2-11-25(12-3-1)28-15-8-9-20-34(28)41-35-24-22-26-13-4-6-16-29(26)36(35)40-39(41)33-19-10-18-31-32-23-21-27-14-5-7-17-30(27)37(32)42-38(31)33/h1-24,39-40H. The molecule has 9 rings (SSSR count). The van der Waals surface area contributed by atoms with Gasteiger partial charge in [-0.15, -0.1) is 0 Å². The van der Waals surface area contributed by atoms with E-state index in [0.29, 0.717) is 0 Å². The third-order valence-corrected chi connectivity index (χ3v) is 8.67. The Kier molecular flexibility index (Phi) is 4.96. The molecule has 3 heteroatoms. The maximum absolute atomic E-state index is 6.83. The lowest BCUT2D eigenvalue weighted by Crippen LogP contribution is -2.24. The van der Waals surface area contributed by atoms with Crippen molar-refractivity contribution in [3.05, 3.63) is 151 Å². The molecule has 198 valence electrons. The van der Waals surface area contributed by atoms with E-state index in [1.807, 2.05) is 0 Å². The van der Waals surface area contributed by atoms with Gasteiger partial charge in [-0.2, -0.15) is 0 Å². The number of nitrogens with zero attached hydrogens (tertiary/aromatic N) is 1. The van der Waals surface area contributed by atoms with Crippen LogP contribution in [0, 0.1) is 0 Å². The average Bonchev–Trinajstić information content (AvgIpc) is 3.64. The molecule has 0 fully saturated rings. The molecule has 1 unspecified atom stereocenters. The first-order valence-electron chi connectivity index (χ1n) is 14.4. The highest BCUT2D eigenvalue weighted by molar-refractivity contribution is 6.16. The number of benzene rings is 7. The smallest absolute Gasteiger partial charge is 0.143 e. The molecule has 1 N–H and O–H groups in total. The largest absolute Gasteiger partial charge is 0.455 e. The summed E-state index contributed by atoms with van der Waals surface area (Å²) < 4.78 is 6.83. The highest BCUT2D eigenvalue weighted by Gasteiger charge is 2.35. The predicted octanol–water partition coefficient (Wildman–Crippen LogP) is 10.8. The van der Waals surface area contributed by atoms with Crippen LogP contribution >= 0.6 is 0 Å². The predicted molar refractivity (Wildman–Crippen MR) is 176 cm³/mol. The molecule has 0 aliphatic carbocycles. The van der Waals surface area contributed by atoms with Crippen LogP contribution in [0.25, 0.3) is 54.6 Å². The third-order valence-electron chi connectivity index (χ3n) is 8.67. The lowest BCUT2D eigenvalue weighted by atomic mass is 10.0. The van der Waals surface area contributed by atoms with Gasteiger partial charge in [0.25, 0.3) is 0 Å². The van der Waals surface area contributed by atoms with Gasteiger partial charge in [0.15, 0.2) is 0 Å². The van der Waals surface area contributed by atoms with Crippen LogP contribution in [0.4, 0.5) is 17.1 Å². The highest BCUT2D eigenvalue weighted by atomic mass is 16.3. The molecule has 0 saturated carbocycles. The van der Waals surface area contributed by atoms with E-state index in [2.05, 4.69) is 156 Å². The quantitative estimate of drug-likeness (QED) is 0.242. The van der Waals surface area contributed by atoms with Crippen molar-refractivity contribution in [1.29, 1.82) is 0 Å². The lowest BCUT2D eigenvalue weighted by Gasteiger charge is -2.29. The Morgan fingerprint density at radius 2 is 1.14 bits per heavy atom. The molecular weight excluding hydrogens is 512 g/mol. The van der Waals surface area contributed by atoms with Crippen LogP contribution in [0.2, 0.25) is 0 Å². The summed E-state index contributed by atoms with van der Waals surface area (Å²) >= 11 is 0. The summed E-state index contributed by atoms with van der Waals surface area (Å²) in [5.41, 5.74) is 8.78. The highest BCUT2D eigenvalue weighted by Crippen LogP contribution is 2.52. The van der Waals surface area contributed by atoms with Crippen LogP contribution in [0.15, 0.2) is 150 Å². The van der Waals surface area contributed by atoms with Crippen LogP contribution in [-0.4, -0.2) is 0 Å². The Bertz CT molecular complexity index is 2300. The number of para-hydroxylation sites is 2. The zero-order valence-electron chi connectivity index (χ0n) is 22.8. The van der Waals surface area contributed by atoms with Gasteiger partial charge in [-0.3, -0.25) is 0 Å². The van der Waals surface area contributed by atoms with Crippen LogP contribution in [0.3, 0.4) is 0 Å². The second kappa shape index (κ2) is 8.98. The molecule has 1 aliphatic heterocycles. The van der Waals surface area contributed by atoms with Gasteiger partial charge in [-0.05, 0) is 34.5 Å². The number of hydrogen-bond donors (Lipinski definition) is 1. The van der Waals surface area contributed by atoms with Gasteiger partial charge in [-0.25, -0.2) is 0 Å². The summed E-state index contributed by atoms with van der Waals surface area (Å²) in [4.78, 5) is 2.45. The summed E-state index contributed by atoms with van der Waals surface area (Å²) in [6, 6.07) is 51.8. The Labute approximate surface area is 243 Å². The van der Waals surface area contributed by atoms with Crippen molar-refractivity contribution in [2.45, 2.75) is 6.17 Å². The first-order valence-corrected chi connectivity index (χ1v) is 14.4. The van der Waals surface area contributed by atoms with Crippen molar-refractivity contribution in [2.75, 3.05) is 10.2 Å². The summed E-state index contributed by atoms with van der Waals surface area (Å²) in [5.74, 6) is 0. The molecule has 0 bridgehead atoms. The maximum Gasteiger partial charge on any atom is 0.143 e. The summed E-state index contributed by atoms with van der Waals surface area (Å²) in [7, 11) is 0. The van der Waals surface area contributed by atoms with Crippen molar-refractivity contribution in [2.24, 2.45) is 0 Å². The van der Waals surface area contributed by atoms with Gasteiger partial charge in [0.2, 0.25) is 0 Å². The van der Waals surface area contributed by atoms with Gasteiger partial charge in [0, 0.05) is 32.7 Å². The Morgan fingerprint density at radius 1 is 0.476 bits per heavy atom. The molecular formula is C39H26N2O. The topological polar surface area (TPSA) is 28.4 Å². The van der Waals surface area contributed by atoms with Crippen molar-refractivity contribution < 1.29 is 4.42 Å². The fourth-order valence-corrected chi connectivity index (χ4v) is 6.75. The average molecular weight is 539 g/mol. The summed E-state index contributed by atoms with van der Waals surface area (Å²) in [5, 5.41) is 11.0. The van der Waals surface area contributed by atoms with Crippen LogP contribution in [0.1, 0.15) is 11.7 Å². The van der Waals surface area contributed by atoms with Crippen molar-refractivity contribution in [1.82, 2.24) is 0 Å². The Balaban J connectivity index is 1.33. The first kappa shape index (κ1) is 23.2. The minimum Gasteiger partial charge on any atom is -0.455 e. The van der Waals surface area contributed by atoms with E-state index in [4.69, 9.17) is 4.42 Å². The van der Waals surface area contributed by atoms with Gasteiger partial charge in [0.1, 0.15) is 17.3 Å². The van der Waals surface area contributed by atoms with E-state index < -0.39 is 0 Å². The lowest BCUT2D eigenvalue weighted by molar-refractivity contribution is 0.659. The van der Waals surface area contributed by atoms with Crippen molar-refractivity contribution in [3.8, 4) is 11.1 Å². The molecule has 0 spiro atoms. The van der Waals surface area contributed by atoms with Gasteiger partial charge in [-0.1, -0.05) is 127 Å². The molecule has 1 atom stereocenters. The maximum atomic E-state index is 6.83. The van der Waals surface area contributed by atoms with E-state index in [9.17, 15) is 0 Å². The Morgan fingerprint density at radius 3 is 2.02 bits per heavy atom. The van der Waals surface area contributed by atoms with Crippen LogP contribution in [-0.2, 0) is 0 Å². The zero-order valence-corrected chi connectivity index (χ0v) is 22.8. The molecule has 1 aliphatic rings. The fraction of sp³-hybridized carbons (Fsp3) is 0.0256. The fourth-order valence-electron chi connectivity index (χ4n) is 6.75. The third kappa shape index (κ3) is 3.34. The van der Waals surface area contributed by atoms with Crippen LogP contribution < -0.4 is 10.2 Å². The summed E-state index contributed by atoms with van der Waals surface area (Å²) in [6.07, 6.45) is -0.175. The molecule has 8 aromatic rings. The van der Waals surface area contributed by atoms with Gasteiger partial charge >= 0.3 is 0 Å². The number of anilines is 3. The molecule has 3 nitrogen and oxygen atoms in total. The summed E-state index contributed by atoms with van der Waals surface area (Å²) in [6.45, 7) is 0. The molecule has 2 heterocycles. The SMILES string of the molecule is c1ccc(-c2ccccc2N2c3ccc4ccccc4c3NC2c2cccc3c2oc2c4ccccc4ccc32)cc1. The minimum absolute atomic E-state index is 0.175. The number of nitrogens with one attached hydrogen (secondary N) is 1. The zero-order chi connectivity index (χ0) is 27.6. The molecule has 1 aromatic heterocycles. The van der Waals surface area contributed by atoms with E-state index in [-0.39, 0.29) is 6.17 Å². The monoisotopic (exact) mass is 538 g/mol. The number of fused-ring (bicyclic) bond motifs is 8. The van der Waals surface area contributed by atoms with Gasteiger partial charge < -0.3 is 14.6 Å². The first-order chi connectivity index (χ1) is 20.8. The van der Waals surface area contributed by atoms with Crippen molar-refractivity contribution in [3.63, 3.8) is 0 Å². The Hall–Kier alpha value is -5.54. The second-order valence-corrected chi connectivity index (χ2v) is 11.0. The molecule has 42 heavy (non-hydrogen) atoms. The normalized spacial score (nSPS) is 14.6. The minimum atomic E-state index is -0.175. The molecule has 7 aromatic carbocycles. The second-order valence-electron chi connectivity index (χ2n) is 11.0. The number of rotatable bonds is 3. The van der Waals surface area contributed by atoms with E-state index >= 15 is 0 Å². The van der Waals surface area contributed by atoms with Crippen molar-refractivity contribution >= 4 is 60.5 Å². The number of furan rings is 1. The van der Waals surface area contributed by atoms with Gasteiger partial charge in [0.05, 0.1) is 17.1 Å². The number of hydrogen-bond acceptors (Lipinski definition) is 3. The molecule has 0 radical (unpaired) electrons. The van der Waals surface area contributed by atoms with Crippen LogP contribution in [0.5, 0.6) is 0 Å². The molecule has 0 saturated heterocycles.